The van der Waals surface area contributed by atoms with Gasteiger partial charge in [-0.3, -0.25) is 0 Å². The van der Waals surface area contributed by atoms with Crippen molar-refractivity contribution in [2.45, 2.75) is 0 Å². The predicted octanol–water partition coefficient (Wildman–Crippen LogP) is 2.08. The van der Waals surface area contributed by atoms with Crippen molar-refractivity contribution in [1.82, 2.24) is 0 Å². The van der Waals surface area contributed by atoms with E-state index in [1.807, 2.05) is 6.07 Å². The van der Waals surface area contributed by atoms with Crippen LogP contribution in [0.3, 0.4) is 0 Å². The van der Waals surface area contributed by atoms with Crippen molar-refractivity contribution in [3.8, 4) is 0 Å². The maximum atomic E-state index is 9.76. The fraction of sp³-hybridized carbons (Fsp3) is 0. The molecule has 0 saturated heterocycles. The first-order valence-corrected chi connectivity index (χ1v) is 2.32. The van der Waals surface area contributed by atoms with Gasteiger partial charge in [-0.1, -0.05) is 18.2 Å². The van der Waals surface area contributed by atoms with Crippen LogP contribution in [0.1, 0.15) is 0 Å². The van der Waals surface area contributed by atoms with E-state index in [4.69, 9.17) is 0 Å². The molecule has 0 amide bonds. The molecule has 1 aromatic rings. The van der Waals surface area contributed by atoms with Crippen LogP contribution in [0.2, 0.25) is 0 Å². The van der Waals surface area contributed by atoms with E-state index in [0.717, 1.165) is 0 Å². The molecule has 0 fully saturated rings. The first-order valence-electron chi connectivity index (χ1n) is 2.32. The summed E-state index contributed by atoms with van der Waals surface area (Å²) in [5.74, 6) is 0. The number of rotatable bonds is 1. The topological polar surface area (TPSA) is 29.4 Å². The number of benzene rings is 1. The van der Waals surface area contributed by atoms with Gasteiger partial charge >= 0.3 is 0 Å². The molecule has 2 nitrogen and oxygen atoms in total. The molecule has 1 aromatic carbocycles. The SMILES string of the molecule is O=Nc1ccccc1.[Ni]. The van der Waals surface area contributed by atoms with Crippen LogP contribution in [0, 0.1) is 4.91 Å². The van der Waals surface area contributed by atoms with Crippen LogP contribution in [0.15, 0.2) is 35.5 Å². The maximum Gasteiger partial charge on any atom is 0.107 e. The van der Waals surface area contributed by atoms with Gasteiger partial charge in [0.25, 0.3) is 0 Å². The maximum absolute atomic E-state index is 9.76. The van der Waals surface area contributed by atoms with Gasteiger partial charge in [-0.2, -0.15) is 0 Å². The van der Waals surface area contributed by atoms with E-state index >= 15 is 0 Å². The van der Waals surface area contributed by atoms with Crippen molar-refractivity contribution in [1.29, 1.82) is 0 Å². The summed E-state index contributed by atoms with van der Waals surface area (Å²) in [5, 5.41) is 2.72. The van der Waals surface area contributed by atoms with Crippen LogP contribution in [0.5, 0.6) is 0 Å². The molecule has 0 aliphatic carbocycles. The van der Waals surface area contributed by atoms with Crippen LogP contribution in [0.25, 0.3) is 0 Å². The van der Waals surface area contributed by atoms with Crippen molar-refractivity contribution in [3.05, 3.63) is 35.2 Å². The molecule has 0 unspecified atom stereocenters. The number of hydrogen-bond acceptors (Lipinski definition) is 2. The van der Waals surface area contributed by atoms with Crippen molar-refractivity contribution in [3.63, 3.8) is 0 Å². The van der Waals surface area contributed by atoms with Gasteiger partial charge in [0.2, 0.25) is 0 Å². The van der Waals surface area contributed by atoms with Gasteiger partial charge in [0.05, 0.1) is 0 Å². The van der Waals surface area contributed by atoms with Crippen LogP contribution >= 0.6 is 0 Å². The summed E-state index contributed by atoms with van der Waals surface area (Å²) in [6, 6.07) is 8.71. The molecule has 0 aliphatic heterocycles. The van der Waals surface area contributed by atoms with E-state index in [2.05, 4.69) is 5.18 Å². The van der Waals surface area contributed by atoms with Crippen LogP contribution in [-0.4, -0.2) is 0 Å². The fourth-order valence-electron chi connectivity index (χ4n) is 0.489. The van der Waals surface area contributed by atoms with Crippen LogP contribution in [-0.2, 0) is 16.5 Å². The fourth-order valence-corrected chi connectivity index (χ4v) is 0.489. The Labute approximate surface area is 63.2 Å². The van der Waals surface area contributed by atoms with Crippen LogP contribution in [0.4, 0.5) is 5.69 Å². The Balaban J connectivity index is 0.000000640. The molecule has 0 bridgehead atoms. The minimum Gasteiger partial charge on any atom is -0.145 e. The molecule has 0 aromatic heterocycles. The minimum absolute atomic E-state index is 0. The summed E-state index contributed by atoms with van der Waals surface area (Å²) in [5.41, 5.74) is 0.479. The van der Waals surface area contributed by atoms with E-state index in [1.54, 1.807) is 24.3 Å². The molecule has 0 spiro atoms. The van der Waals surface area contributed by atoms with Gasteiger partial charge < -0.3 is 0 Å². The Hall–Kier alpha value is -0.686. The molecule has 9 heavy (non-hydrogen) atoms. The number of hydrogen-bond donors (Lipinski definition) is 0. The van der Waals surface area contributed by atoms with Crippen molar-refractivity contribution >= 4 is 5.69 Å². The molecular weight excluding hydrogens is 161 g/mol. The first-order chi connectivity index (χ1) is 3.93. The Bertz CT molecular complexity index is 176. The van der Waals surface area contributed by atoms with E-state index in [0.29, 0.717) is 5.69 Å². The standard InChI is InChI=1S/C6H5NO.Ni/c8-7-6-4-2-1-3-5-6;/h1-5H;. The molecule has 0 saturated carbocycles. The third kappa shape index (κ3) is 2.38. The second-order valence-corrected chi connectivity index (χ2v) is 1.43. The molecule has 50 valence electrons. The molecule has 0 atom stereocenters. The molecule has 0 N–H and O–H groups in total. The number of nitrogens with zero attached hydrogens (tertiary/aromatic N) is 1. The van der Waals surface area contributed by atoms with Gasteiger partial charge in [-0.25, -0.2) is 0 Å². The molecule has 0 radical (unpaired) electrons. The average molecular weight is 166 g/mol. The quantitative estimate of drug-likeness (QED) is 0.463. The van der Waals surface area contributed by atoms with Gasteiger partial charge in [0, 0.05) is 16.5 Å². The Morgan fingerprint density at radius 2 is 1.67 bits per heavy atom. The number of nitroso groups, excluding NO2 is 1. The second kappa shape index (κ2) is 4.22. The largest absolute Gasteiger partial charge is 0.145 e. The normalized spacial score (nSPS) is 7.56. The predicted molar refractivity (Wildman–Crippen MR) is 31.9 cm³/mol. The summed E-state index contributed by atoms with van der Waals surface area (Å²) in [4.78, 5) is 9.76. The first kappa shape index (κ1) is 8.31. The van der Waals surface area contributed by atoms with Gasteiger partial charge in [0.15, 0.2) is 0 Å². The van der Waals surface area contributed by atoms with Crippen molar-refractivity contribution in [2.75, 3.05) is 0 Å². The molecule has 3 heteroatoms. The summed E-state index contributed by atoms with van der Waals surface area (Å²) >= 11 is 0. The third-order valence-corrected chi connectivity index (χ3v) is 0.862. The van der Waals surface area contributed by atoms with E-state index in [9.17, 15) is 4.91 Å². The van der Waals surface area contributed by atoms with Gasteiger partial charge in [0.1, 0.15) is 5.69 Å². The molecule has 1 rings (SSSR count). The summed E-state index contributed by atoms with van der Waals surface area (Å²) < 4.78 is 0. The molecule has 0 aliphatic rings. The molecular formula is C6H5NNiO. The van der Waals surface area contributed by atoms with Crippen molar-refractivity contribution < 1.29 is 16.5 Å². The van der Waals surface area contributed by atoms with E-state index < -0.39 is 0 Å². The van der Waals surface area contributed by atoms with E-state index in [-0.39, 0.29) is 16.5 Å². The third-order valence-electron chi connectivity index (χ3n) is 0.862. The van der Waals surface area contributed by atoms with Crippen molar-refractivity contribution in [2.24, 2.45) is 5.18 Å². The average Bonchev–Trinajstić information content (AvgIpc) is 1.90. The van der Waals surface area contributed by atoms with E-state index in [1.165, 1.54) is 0 Å². The zero-order chi connectivity index (χ0) is 5.82. The smallest absolute Gasteiger partial charge is 0.107 e. The van der Waals surface area contributed by atoms with Gasteiger partial charge in [-0.15, -0.1) is 4.91 Å². The monoisotopic (exact) mass is 165 g/mol. The zero-order valence-electron chi connectivity index (χ0n) is 4.56. The Morgan fingerprint density at radius 1 is 1.11 bits per heavy atom. The zero-order valence-corrected chi connectivity index (χ0v) is 5.55. The Kier molecular flexibility index (Phi) is 3.90. The Morgan fingerprint density at radius 3 is 2.00 bits per heavy atom. The van der Waals surface area contributed by atoms with Crippen LogP contribution < -0.4 is 0 Å². The second-order valence-electron chi connectivity index (χ2n) is 1.43. The van der Waals surface area contributed by atoms with Gasteiger partial charge in [-0.05, 0) is 17.3 Å². The summed E-state index contributed by atoms with van der Waals surface area (Å²) in [7, 11) is 0. The minimum atomic E-state index is 0. The summed E-state index contributed by atoms with van der Waals surface area (Å²) in [6.45, 7) is 0. The summed E-state index contributed by atoms with van der Waals surface area (Å²) in [6.07, 6.45) is 0. The molecule has 0 heterocycles.